The Bertz CT molecular complexity index is 957. The molecule has 4 rings (SSSR count). The van der Waals surface area contributed by atoms with Gasteiger partial charge in [0.05, 0.1) is 5.69 Å². The van der Waals surface area contributed by atoms with Gasteiger partial charge in [-0.25, -0.2) is 9.37 Å². The summed E-state index contributed by atoms with van der Waals surface area (Å²) >= 11 is 0. The molecule has 1 aliphatic heterocycles. The Hall–Kier alpha value is -3.21. The number of rotatable bonds is 3. The van der Waals surface area contributed by atoms with Gasteiger partial charge < -0.3 is 10.2 Å². The van der Waals surface area contributed by atoms with E-state index in [1.807, 2.05) is 12.1 Å². The number of anilines is 2. The summed E-state index contributed by atoms with van der Waals surface area (Å²) in [7, 11) is 0. The van der Waals surface area contributed by atoms with Crippen LogP contribution in [0.2, 0.25) is 0 Å². The molecule has 0 bridgehead atoms. The zero-order valence-corrected chi connectivity index (χ0v) is 14.2. The molecule has 0 unspecified atom stereocenters. The Morgan fingerprint density at radius 3 is 2.58 bits per heavy atom. The van der Waals surface area contributed by atoms with Crippen molar-refractivity contribution in [3.05, 3.63) is 89.4 Å². The second-order valence-electron chi connectivity index (χ2n) is 6.26. The first-order valence-electron chi connectivity index (χ1n) is 8.55. The normalized spacial score (nSPS) is 13.2. The molecule has 0 atom stereocenters. The van der Waals surface area contributed by atoms with E-state index >= 15 is 0 Å². The number of fused-ring (bicyclic) bond motifs is 1. The third-order valence-corrected chi connectivity index (χ3v) is 4.54. The number of amides is 1. The minimum Gasteiger partial charge on any atom is -0.352 e. The molecule has 0 saturated heterocycles. The lowest BCUT2D eigenvalue weighted by Gasteiger charge is -2.29. The van der Waals surface area contributed by atoms with Gasteiger partial charge in [0, 0.05) is 13.1 Å². The summed E-state index contributed by atoms with van der Waals surface area (Å²) in [6.45, 7) is 1.62. The van der Waals surface area contributed by atoms with Crippen LogP contribution in [0.1, 0.15) is 21.6 Å². The Labute approximate surface area is 151 Å². The minimum atomic E-state index is -0.468. The van der Waals surface area contributed by atoms with E-state index in [1.54, 1.807) is 24.3 Å². The number of halogens is 1. The van der Waals surface area contributed by atoms with Crippen molar-refractivity contribution >= 4 is 17.4 Å². The fraction of sp³-hybridized carbons (Fsp3) is 0.143. The highest BCUT2D eigenvalue weighted by molar-refractivity contribution is 6.03. The molecule has 1 N–H and O–H groups in total. The summed E-state index contributed by atoms with van der Waals surface area (Å²) in [5.41, 5.74) is 3.06. The molecule has 0 saturated carbocycles. The lowest BCUT2D eigenvalue weighted by molar-refractivity contribution is 0.102. The molecule has 2 aromatic carbocycles. The molecule has 26 heavy (non-hydrogen) atoms. The molecule has 4 nitrogen and oxygen atoms in total. The van der Waals surface area contributed by atoms with E-state index in [9.17, 15) is 9.18 Å². The van der Waals surface area contributed by atoms with Gasteiger partial charge in [0.2, 0.25) is 0 Å². The van der Waals surface area contributed by atoms with Crippen molar-refractivity contribution in [3.8, 4) is 0 Å². The van der Waals surface area contributed by atoms with Crippen LogP contribution < -0.4 is 10.2 Å². The average Bonchev–Trinajstić information content (AvgIpc) is 2.69. The monoisotopic (exact) mass is 347 g/mol. The number of nitrogens with one attached hydrogen (secondary N) is 1. The van der Waals surface area contributed by atoms with E-state index in [0.29, 0.717) is 0 Å². The third kappa shape index (κ3) is 3.28. The SMILES string of the molecule is O=C(Nc1ccccc1F)c1cccc(N2CCc3ccccc3C2)n1. The molecule has 0 aliphatic carbocycles. The number of para-hydroxylation sites is 1. The molecule has 5 heteroatoms. The van der Waals surface area contributed by atoms with Gasteiger partial charge in [-0.05, 0) is 41.8 Å². The number of hydrogen-bond acceptors (Lipinski definition) is 3. The van der Waals surface area contributed by atoms with E-state index in [1.165, 1.54) is 23.3 Å². The number of carbonyl (C=O) groups is 1. The minimum absolute atomic E-state index is 0.150. The Morgan fingerprint density at radius 2 is 1.73 bits per heavy atom. The first-order chi connectivity index (χ1) is 12.7. The third-order valence-electron chi connectivity index (χ3n) is 4.54. The largest absolute Gasteiger partial charge is 0.352 e. The second kappa shape index (κ2) is 6.96. The van der Waals surface area contributed by atoms with Gasteiger partial charge in [-0.1, -0.05) is 42.5 Å². The van der Waals surface area contributed by atoms with Crippen molar-refractivity contribution in [2.75, 3.05) is 16.8 Å². The summed E-state index contributed by atoms with van der Waals surface area (Å²) in [5.74, 6) is -0.139. The summed E-state index contributed by atoms with van der Waals surface area (Å²) in [6, 6.07) is 19.8. The van der Waals surface area contributed by atoms with Gasteiger partial charge in [0.1, 0.15) is 17.3 Å². The van der Waals surface area contributed by atoms with Crippen molar-refractivity contribution in [3.63, 3.8) is 0 Å². The highest BCUT2D eigenvalue weighted by Crippen LogP contribution is 2.23. The first-order valence-corrected chi connectivity index (χ1v) is 8.55. The van der Waals surface area contributed by atoms with Crippen molar-refractivity contribution in [2.45, 2.75) is 13.0 Å². The van der Waals surface area contributed by atoms with Crippen molar-refractivity contribution in [1.82, 2.24) is 4.98 Å². The van der Waals surface area contributed by atoms with E-state index in [2.05, 4.69) is 33.4 Å². The molecule has 130 valence electrons. The number of benzene rings is 2. The number of nitrogens with zero attached hydrogens (tertiary/aromatic N) is 2. The van der Waals surface area contributed by atoms with Gasteiger partial charge in [-0.2, -0.15) is 0 Å². The van der Waals surface area contributed by atoms with Crippen molar-refractivity contribution < 1.29 is 9.18 Å². The van der Waals surface area contributed by atoms with E-state index < -0.39 is 11.7 Å². The molecule has 0 spiro atoms. The summed E-state index contributed by atoms with van der Waals surface area (Å²) in [4.78, 5) is 19.1. The Morgan fingerprint density at radius 1 is 0.962 bits per heavy atom. The smallest absolute Gasteiger partial charge is 0.274 e. The second-order valence-corrected chi connectivity index (χ2v) is 6.26. The van der Waals surface area contributed by atoms with Crippen molar-refractivity contribution in [1.29, 1.82) is 0 Å². The van der Waals surface area contributed by atoms with Gasteiger partial charge >= 0.3 is 0 Å². The maximum Gasteiger partial charge on any atom is 0.274 e. The van der Waals surface area contributed by atoms with Gasteiger partial charge in [-0.15, -0.1) is 0 Å². The van der Waals surface area contributed by atoms with E-state index in [-0.39, 0.29) is 11.4 Å². The predicted octanol–water partition coefficient (Wildman–Crippen LogP) is 4.04. The fourth-order valence-electron chi connectivity index (χ4n) is 3.17. The lowest BCUT2D eigenvalue weighted by Crippen LogP contribution is -2.31. The van der Waals surface area contributed by atoms with Gasteiger partial charge in [0.15, 0.2) is 0 Å². The average molecular weight is 347 g/mol. The number of carbonyl (C=O) groups excluding carboxylic acids is 1. The van der Waals surface area contributed by atoms with Crippen LogP contribution in [0.4, 0.5) is 15.9 Å². The highest BCUT2D eigenvalue weighted by Gasteiger charge is 2.18. The zero-order chi connectivity index (χ0) is 17.9. The molecular weight excluding hydrogens is 329 g/mol. The van der Waals surface area contributed by atoms with Crippen molar-refractivity contribution in [2.24, 2.45) is 0 Å². The first kappa shape index (κ1) is 16.3. The fourth-order valence-corrected chi connectivity index (χ4v) is 3.17. The number of aromatic nitrogens is 1. The standard InChI is InChI=1S/C21H18FN3O/c22-17-8-3-4-9-18(17)24-21(26)19-10-5-11-20(23-19)25-13-12-15-6-1-2-7-16(15)14-25/h1-11H,12-14H2,(H,24,26). The molecule has 1 amide bonds. The molecule has 1 aromatic heterocycles. The topological polar surface area (TPSA) is 45.2 Å². The van der Waals surface area contributed by atoms with Crippen LogP contribution in [-0.2, 0) is 13.0 Å². The van der Waals surface area contributed by atoms with Crippen LogP contribution >= 0.6 is 0 Å². The lowest BCUT2D eigenvalue weighted by atomic mass is 10.00. The summed E-state index contributed by atoms with van der Waals surface area (Å²) < 4.78 is 13.7. The number of pyridine rings is 1. The van der Waals surface area contributed by atoms with E-state index in [0.717, 1.165) is 25.3 Å². The van der Waals surface area contributed by atoms with Gasteiger partial charge in [-0.3, -0.25) is 4.79 Å². The number of hydrogen-bond donors (Lipinski definition) is 1. The molecule has 0 fully saturated rings. The van der Waals surface area contributed by atoms with Gasteiger partial charge in [0.25, 0.3) is 5.91 Å². The zero-order valence-electron chi connectivity index (χ0n) is 14.2. The summed E-state index contributed by atoms with van der Waals surface area (Å²) in [5, 5.41) is 2.58. The molecule has 1 aliphatic rings. The van der Waals surface area contributed by atoms with Crippen LogP contribution in [0.25, 0.3) is 0 Å². The maximum atomic E-state index is 13.7. The van der Waals surface area contributed by atoms with E-state index in [4.69, 9.17) is 0 Å². The maximum absolute atomic E-state index is 13.7. The van der Waals surface area contributed by atoms with Crippen LogP contribution in [0, 0.1) is 5.82 Å². The van der Waals surface area contributed by atoms with Crippen LogP contribution in [0.15, 0.2) is 66.7 Å². The predicted molar refractivity (Wildman–Crippen MR) is 99.8 cm³/mol. The molecule has 0 radical (unpaired) electrons. The van der Waals surface area contributed by atoms with Crippen LogP contribution in [0.3, 0.4) is 0 Å². The van der Waals surface area contributed by atoms with Crippen LogP contribution in [0.5, 0.6) is 0 Å². The Kier molecular flexibility index (Phi) is 4.35. The molecular formula is C21H18FN3O. The molecule has 3 aromatic rings. The Balaban J connectivity index is 1.54. The quantitative estimate of drug-likeness (QED) is 0.778. The highest BCUT2D eigenvalue weighted by atomic mass is 19.1. The molecule has 2 heterocycles. The van der Waals surface area contributed by atoms with Crippen LogP contribution in [-0.4, -0.2) is 17.4 Å². The summed E-state index contributed by atoms with van der Waals surface area (Å²) in [6.07, 6.45) is 0.948.